The molecule has 0 spiro atoms. The largest absolute Gasteiger partial charge is 0.481 e. The van der Waals surface area contributed by atoms with Gasteiger partial charge in [-0.15, -0.1) is 0 Å². The van der Waals surface area contributed by atoms with Gasteiger partial charge in [-0.2, -0.15) is 0 Å². The zero-order chi connectivity index (χ0) is 25.9. The van der Waals surface area contributed by atoms with E-state index < -0.39 is 54.3 Å². The van der Waals surface area contributed by atoms with E-state index in [2.05, 4.69) is 10.6 Å². The van der Waals surface area contributed by atoms with Gasteiger partial charge in [0.25, 0.3) is 5.91 Å². The number of benzene rings is 2. The lowest BCUT2D eigenvalue weighted by molar-refractivity contribution is -0.138. The van der Waals surface area contributed by atoms with Crippen molar-refractivity contribution in [1.82, 2.24) is 15.5 Å². The Hall–Kier alpha value is -4.74. The van der Waals surface area contributed by atoms with E-state index in [1.807, 2.05) is 0 Å². The van der Waals surface area contributed by atoms with Gasteiger partial charge in [0, 0.05) is 5.56 Å². The molecule has 0 radical (unpaired) electrons. The highest BCUT2D eigenvalue weighted by Crippen LogP contribution is 2.29. The Kier molecular flexibility index (Phi) is 6.85. The van der Waals surface area contributed by atoms with Crippen LogP contribution < -0.4 is 16.4 Å². The molecule has 2 aromatic rings. The number of amides is 4. The molecule has 1 fully saturated rings. The predicted molar refractivity (Wildman–Crippen MR) is 122 cm³/mol. The van der Waals surface area contributed by atoms with Crippen molar-refractivity contribution in [3.8, 4) is 0 Å². The van der Waals surface area contributed by atoms with E-state index in [9.17, 15) is 29.1 Å². The summed E-state index contributed by atoms with van der Waals surface area (Å²) in [4.78, 5) is 61.4. The average Bonchev–Trinajstić information content (AvgIpc) is 3.02. The molecule has 2 aromatic carbocycles. The minimum absolute atomic E-state index is 0.0101. The number of urea groups is 1. The number of nitrogens with zero attached hydrogens (tertiary/aromatic N) is 1. The molecule has 2 unspecified atom stereocenters. The number of amidine groups is 1. The zero-order valence-corrected chi connectivity index (χ0v) is 18.6. The van der Waals surface area contributed by atoms with Crippen molar-refractivity contribution in [2.24, 2.45) is 5.73 Å². The second-order valence-corrected chi connectivity index (χ2v) is 8.08. The summed E-state index contributed by atoms with van der Waals surface area (Å²) >= 11 is 0. The molecule has 1 aliphatic rings. The maximum absolute atomic E-state index is 13.1. The molecule has 0 aliphatic carbocycles. The summed E-state index contributed by atoms with van der Waals surface area (Å²) in [6, 6.07) is 9.65. The number of nitrogens with two attached hydrogens (primary N) is 1. The third-order valence-corrected chi connectivity index (χ3v) is 5.62. The number of carbonyl (C=O) groups excluding carboxylic acids is 3. The highest BCUT2D eigenvalue weighted by atomic mass is 16.4. The molecular formula is C23H23N5O7. The Bertz CT molecular complexity index is 1210. The van der Waals surface area contributed by atoms with E-state index in [1.165, 1.54) is 43.3 Å². The summed E-state index contributed by atoms with van der Waals surface area (Å²) in [5.41, 5.74) is 5.18. The maximum atomic E-state index is 13.1. The van der Waals surface area contributed by atoms with Crippen LogP contribution in [0, 0.1) is 5.41 Å². The second kappa shape index (κ2) is 9.63. The Morgan fingerprint density at radius 3 is 2.14 bits per heavy atom. The van der Waals surface area contributed by atoms with E-state index in [0.29, 0.717) is 16.7 Å². The van der Waals surface area contributed by atoms with Gasteiger partial charge in [-0.05, 0) is 30.2 Å². The first-order valence-electron chi connectivity index (χ1n) is 10.4. The molecule has 3 rings (SSSR count). The van der Waals surface area contributed by atoms with Crippen LogP contribution in [0.4, 0.5) is 4.79 Å². The van der Waals surface area contributed by atoms with E-state index in [-0.39, 0.29) is 11.4 Å². The van der Waals surface area contributed by atoms with Crippen molar-refractivity contribution in [1.29, 1.82) is 5.41 Å². The monoisotopic (exact) mass is 481 g/mol. The van der Waals surface area contributed by atoms with Crippen molar-refractivity contribution in [2.75, 3.05) is 6.54 Å². The Morgan fingerprint density at radius 1 is 1.06 bits per heavy atom. The molecule has 2 atom stereocenters. The van der Waals surface area contributed by atoms with Gasteiger partial charge < -0.3 is 26.6 Å². The number of aliphatic carboxylic acids is 1. The fourth-order valence-electron chi connectivity index (χ4n) is 3.69. The van der Waals surface area contributed by atoms with Gasteiger partial charge in [0.1, 0.15) is 17.9 Å². The number of hydrogen-bond acceptors (Lipinski definition) is 6. The van der Waals surface area contributed by atoms with E-state index in [1.54, 1.807) is 12.1 Å². The average molecular weight is 481 g/mol. The fourth-order valence-corrected chi connectivity index (χ4v) is 3.69. The van der Waals surface area contributed by atoms with Crippen LogP contribution in [0.2, 0.25) is 0 Å². The van der Waals surface area contributed by atoms with Gasteiger partial charge in [-0.1, -0.05) is 36.4 Å². The third-order valence-electron chi connectivity index (χ3n) is 5.62. The summed E-state index contributed by atoms with van der Waals surface area (Å²) < 4.78 is 0. The SMILES string of the molecule is CC1(c2ccc(C(=N)N)cc2)NC(=O)N(CC(=O)NC(CC(=O)O)c2ccc(C(=O)O)cc2)C1=O. The highest BCUT2D eigenvalue weighted by Gasteiger charge is 2.49. The van der Waals surface area contributed by atoms with E-state index in [4.69, 9.17) is 16.2 Å². The molecule has 182 valence electrons. The first-order chi connectivity index (χ1) is 16.4. The predicted octanol–water partition coefficient (Wildman–Crippen LogP) is 0.768. The molecule has 7 N–H and O–H groups in total. The lowest BCUT2D eigenvalue weighted by Crippen LogP contribution is -2.44. The minimum atomic E-state index is -1.46. The van der Waals surface area contributed by atoms with Crippen LogP contribution in [0.15, 0.2) is 48.5 Å². The van der Waals surface area contributed by atoms with Crippen LogP contribution >= 0.6 is 0 Å². The van der Waals surface area contributed by atoms with Crippen LogP contribution in [-0.2, 0) is 19.9 Å². The molecule has 0 bridgehead atoms. The summed E-state index contributed by atoms with van der Waals surface area (Å²) in [5, 5.41) is 30.8. The molecule has 1 saturated heterocycles. The summed E-state index contributed by atoms with van der Waals surface area (Å²) in [7, 11) is 0. The van der Waals surface area contributed by atoms with Gasteiger partial charge >= 0.3 is 18.0 Å². The number of carboxylic acid groups (broad SMARTS) is 2. The summed E-state index contributed by atoms with van der Waals surface area (Å²) in [5.74, 6) is -4.00. The molecule has 12 nitrogen and oxygen atoms in total. The number of carbonyl (C=O) groups is 5. The number of rotatable bonds is 9. The normalized spacial score (nSPS) is 18.0. The highest BCUT2D eigenvalue weighted by molar-refractivity contribution is 6.09. The van der Waals surface area contributed by atoms with Crippen LogP contribution in [-0.4, -0.2) is 57.3 Å². The lowest BCUT2D eigenvalue weighted by Gasteiger charge is -2.23. The van der Waals surface area contributed by atoms with Crippen LogP contribution in [0.1, 0.15) is 46.4 Å². The topological polar surface area (TPSA) is 203 Å². The van der Waals surface area contributed by atoms with Crippen LogP contribution in [0.5, 0.6) is 0 Å². The molecule has 0 aromatic heterocycles. The minimum Gasteiger partial charge on any atom is -0.481 e. The van der Waals surface area contributed by atoms with Crippen molar-refractivity contribution >= 4 is 35.6 Å². The van der Waals surface area contributed by atoms with Crippen molar-refractivity contribution in [2.45, 2.75) is 24.9 Å². The number of hydrogen-bond donors (Lipinski definition) is 6. The summed E-state index contributed by atoms with van der Waals surface area (Å²) in [6.45, 7) is 0.820. The number of nitrogen functional groups attached to an aromatic ring is 1. The lowest BCUT2D eigenvalue weighted by atomic mass is 9.91. The van der Waals surface area contributed by atoms with Gasteiger partial charge in [0.2, 0.25) is 5.91 Å². The molecular weight excluding hydrogens is 458 g/mol. The standard InChI is InChI=1S/C23H23N5O7/c1-23(15-8-6-13(7-9-15)19(24)25)21(34)28(22(35)27-23)11-17(29)26-16(10-18(30)31)12-2-4-14(5-3-12)20(32)33/h2-9,16H,10-11H2,1H3,(H3,24,25)(H,26,29)(H,27,35)(H,30,31)(H,32,33). The molecule has 35 heavy (non-hydrogen) atoms. The van der Waals surface area contributed by atoms with Gasteiger partial charge in [-0.25, -0.2) is 9.59 Å². The van der Waals surface area contributed by atoms with Gasteiger partial charge in [0.05, 0.1) is 18.0 Å². The molecule has 0 saturated carbocycles. The number of aromatic carboxylic acids is 1. The molecule has 1 heterocycles. The van der Waals surface area contributed by atoms with Gasteiger partial charge in [-0.3, -0.25) is 24.7 Å². The molecule has 1 aliphatic heterocycles. The number of carboxylic acids is 2. The van der Waals surface area contributed by atoms with Crippen molar-refractivity contribution in [3.05, 3.63) is 70.8 Å². The molecule has 4 amide bonds. The zero-order valence-electron chi connectivity index (χ0n) is 18.6. The number of imide groups is 1. The van der Waals surface area contributed by atoms with Crippen molar-refractivity contribution < 1.29 is 34.2 Å². The molecule has 12 heteroatoms. The van der Waals surface area contributed by atoms with Gasteiger partial charge in [0.15, 0.2) is 0 Å². The van der Waals surface area contributed by atoms with E-state index in [0.717, 1.165) is 4.90 Å². The van der Waals surface area contributed by atoms with Crippen molar-refractivity contribution in [3.63, 3.8) is 0 Å². The van der Waals surface area contributed by atoms with Crippen LogP contribution in [0.3, 0.4) is 0 Å². The first kappa shape index (κ1) is 24.9. The Labute approximate surface area is 199 Å². The Morgan fingerprint density at radius 2 is 1.63 bits per heavy atom. The maximum Gasteiger partial charge on any atom is 0.335 e. The van der Waals surface area contributed by atoms with E-state index >= 15 is 0 Å². The smallest absolute Gasteiger partial charge is 0.335 e. The first-order valence-corrected chi connectivity index (χ1v) is 10.4. The third kappa shape index (κ3) is 5.27. The Balaban J connectivity index is 1.75. The second-order valence-electron chi connectivity index (χ2n) is 8.08. The fraction of sp³-hybridized carbons (Fsp3) is 0.217. The van der Waals surface area contributed by atoms with Crippen LogP contribution in [0.25, 0.3) is 0 Å². The number of nitrogens with one attached hydrogen (secondary N) is 3. The quantitative estimate of drug-likeness (QED) is 0.171. The summed E-state index contributed by atoms with van der Waals surface area (Å²) in [6.07, 6.45) is -0.501.